The summed E-state index contributed by atoms with van der Waals surface area (Å²) in [5.74, 6) is 0.353. The van der Waals surface area contributed by atoms with Gasteiger partial charge in [-0.2, -0.15) is 0 Å². The Morgan fingerprint density at radius 2 is 2.16 bits per heavy atom. The molecule has 2 aromatic heterocycles. The molecule has 9 heteroatoms. The van der Waals surface area contributed by atoms with Crippen LogP contribution in [0, 0.1) is 6.92 Å². The fraction of sp³-hybridized carbons (Fsp3) is 0.500. The second-order valence-corrected chi connectivity index (χ2v) is 7.72. The smallest absolute Gasteiger partial charge is 0.341 e. The van der Waals surface area contributed by atoms with Gasteiger partial charge in [0.1, 0.15) is 10.8 Å². The van der Waals surface area contributed by atoms with E-state index in [-0.39, 0.29) is 17.6 Å². The maximum absolute atomic E-state index is 12.4. The molecule has 2 N–H and O–H groups in total. The van der Waals surface area contributed by atoms with Crippen molar-refractivity contribution in [2.75, 3.05) is 17.7 Å². The Balaban J connectivity index is 1.73. The molecule has 0 aliphatic heterocycles. The zero-order chi connectivity index (χ0) is 17.8. The van der Waals surface area contributed by atoms with Crippen molar-refractivity contribution in [3.8, 4) is 0 Å². The van der Waals surface area contributed by atoms with Gasteiger partial charge in [-0.3, -0.25) is 9.89 Å². The summed E-state index contributed by atoms with van der Waals surface area (Å²) in [5, 5.41) is 10.7. The summed E-state index contributed by atoms with van der Waals surface area (Å²) >= 11 is 2.74. The largest absolute Gasteiger partial charge is 0.462 e. The van der Waals surface area contributed by atoms with Gasteiger partial charge in [0.15, 0.2) is 0 Å². The fourth-order valence-corrected chi connectivity index (χ4v) is 4.69. The van der Waals surface area contributed by atoms with E-state index in [4.69, 9.17) is 4.74 Å². The number of nitrogens with one attached hydrogen (secondary N) is 2. The summed E-state index contributed by atoms with van der Waals surface area (Å²) in [6, 6.07) is 0. The molecule has 0 saturated carbocycles. The molecule has 0 spiro atoms. The van der Waals surface area contributed by atoms with Crippen molar-refractivity contribution in [3.05, 3.63) is 21.8 Å². The Morgan fingerprint density at radius 1 is 1.36 bits per heavy atom. The Morgan fingerprint density at radius 3 is 2.88 bits per heavy atom. The van der Waals surface area contributed by atoms with Gasteiger partial charge in [0.25, 0.3) is 0 Å². The van der Waals surface area contributed by atoms with Crippen molar-refractivity contribution < 1.29 is 14.3 Å². The van der Waals surface area contributed by atoms with Crippen molar-refractivity contribution in [1.82, 2.24) is 15.2 Å². The molecular formula is C16H20N4O3S2. The van der Waals surface area contributed by atoms with Gasteiger partial charge in [-0.25, -0.2) is 9.78 Å². The number of rotatable bonds is 6. The Labute approximate surface area is 153 Å². The molecule has 2 aromatic rings. The lowest BCUT2D eigenvalue weighted by molar-refractivity contribution is -0.113. The van der Waals surface area contributed by atoms with Gasteiger partial charge in [-0.15, -0.1) is 16.4 Å². The van der Waals surface area contributed by atoms with Crippen LogP contribution in [0.25, 0.3) is 0 Å². The first-order valence-electron chi connectivity index (χ1n) is 8.21. The van der Waals surface area contributed by atoms with E-state index in [9.17, 15) is 9.59 Å². The molecule has 0 bridgehead atoms. The number of aryl methyl sites for hydroxylation is 2. The molecule has 1 aliphatic carbocycles. The lowest BCUT2D eigenvalue weighted by Crippen LogP contribution is -2.17. The number of fused-ring (bicyclic) bond motifs is 1. The number of H-pyrrole nitrogens is 1. The SMILES string of the molecule is CCOC(=O)c1c(NC(=O)CSc2n[nH]c(C)n2)sc2c1CCCC2. The minimum Gasteiger partial charge on any atom is -0.462 e. The maximum Gasteiger partial charge on any atom is 0.341 e. The van der Waals surface area contributed by atoms with E-state index in [0.29, 0.717) is 28.2 Å². The third-order valence-electron chi connectivity index (χ3n) is 3.81. The van der Waals surface area contributed by atoms with E-state index in [1.807, 2.05) is 0 Å². The van der Waals surface area contributed by atoms with Crippen molar-refractivity contribution in [2.45, 2.75) is 44.7 Å². The second kappa shape index (κ2) is 8.01. The van der Waals surface area contributed by atoms with E-state index in [1.165, 1.54) is 28.0 Å². The minimum absolute atomic E-state index is 0.183. The Hall–Kier alpha value is -1.87. The van der Waals surface area contributed by atoms with Crippen LogP contribution < -0.4 is 5.32 Å². The van der Waals surface area contributed by atoms with E-state index >= 15 is 0 Å². The molecular weight excluding hydrogens is 360 g/mol. The summed E-state index contributed by atoms with van der Waals surface area (Å²) in [4.78, 5) is 30.0. The van der Waals surface area contributed by atoms with Crippen LogP contribution in [0.1, 0.15) is 46.4 Å². The number of nitrogens with zero attached hydrogens (tertiary/aromatic N) is 2. The lowest BCUT2D eigenvalue weighted by Gasteiger charge is -2.12. The molecule has 25 heavy (non-hydrogen) atoms. The van der Waals surface area contributed by atoms with Crippen LogP contribution >= 0.6 is 23.1 Å². The lowest BCUT2D eigenvalue weighted by atomic mass is 9.95. The average molecular weight is 380 g/mol. The number of aromatic amines is 1. The normalized spacial score (nSPS) is 13.4. The Kier molecular flexibility index (Phi) is 5.74. The third-order valence-corrected chi connectivity index (χ3v) is 5.87. The van der Waals surface area contributed by atoms with Crippen LogP contribution in [0.2, 0.25) is 0 Å². The average Bonchev–Trinajstić information content (AvgIpc) is 3.16. The highest BCUT2D eigenvalue weighted by Crippen LogP contribution is 2.38. The summed E-state index contributed by atoms with van der Waals surface area (Å²) in [5.41, 5.74) is 1.58. The van der Waals surface area contributed by atoms with Gasteiger partial charge in [0.2, 0.25) is 11.1 Å². The summed E-state index contributed by atoms with van der Waals surface area (Å²) in [6.07, 6.45) is 3.99. The quantitative estimate of drug-likeness (QED) is 0.591. The van der Waals surface area contributed by atoms with Crippen molar-refractivity contribution >= 4 is 40.0 Å². The Bertz CT molecular complexity index is 784. The molecule has 0 fully saturated rings. The first kappa shape index (κ1) is 17.9. The highest BCUT2D eigenvalue weighted by Gasteiger charge is 2.27. The van der Waals surface area contributed by atoms with Gasteiger partial charge in [-0.1, -0.05) is 11.8 Å². The highest BCUT2D eigenvalue weighted by atomic mass is 32.2. The van der Waals surface area contributed by atoms with Crippen molar-refractivity contribution in [3.63, 3.8) is 0 Å². The van der Waals surface area contributed by atoms with Crippen LogP contribution in [-0.4, -0.2) is 39.4 Å². The molecule has 1 amide bonds. The molecule has 0 saturated heterocycles. The highest BCUT2D eigenvalue weighted by molar-refractivity contribution is 7.99. The number of thioether (sulfide) groups is 1. The summed E-state index contributed by atoms with van der Waals surface area (Å²) in [7, 11) is 0. The standard InChI is InChI=1S/C16H20N4O3S2/c1-3-23-15(22)13-10-6-4-5-7-11(10)25-14(13)18-12(21)8-24-16-17-9(2)19-20-16/h3-8H2,1-2H3,(H,18,21)(H,17,19,20). The molecule has 0 atom stereocenters. The van der Waals surface area contributed by atoms with Gasteiger partial charge < -0.3 is 10.1 Å². The van der Waals surface area contributed by atoms with Crippen LogP contribution in [0.3, 0.4) is 0 Å². The number of thiophene rings is 1. The molecule has 3 rings (SSSR count). The number of hydrogen-bond donors (Lipinski definition) is 2. The second-order valence-electron chi connectivity index (χ2n) is 5.68. The minimum atomic E-state index is -0.352. The third kappa shape index (κ3) is 4.21. The number of ether oxygens (including phenoxy) is 1. The van der Waals surface area contributed by atoms with Crippen LogP contribution in [0.5, 0.6) is 0 Å². The van der Waals surface area contributed by atoms with Gasteiger partial charge in [0, 0.05) is 4.88 Å². The monoisotopic (exact) mass is 380 g/mol. The molecule has 134 valence electrons. The number of aromatic nitrogens is 3. The van der Waals surface area contributed by atoms with E-state index in [1.54, 1.807) is 13.8 Å². The molecule has 0 unspecified atom stereocenters. The number of anilines is 1. The van der Waals surface area contributed by atoms with Gasteiger partial charge >= 0.3 is 5.97 Å². The predicted molar refractivity (Wildman–Crippen MR) is 97.4 cm³/mol. The number of carbonyl (C=O) groups is 2. The summed E-state index contributed by atoms with van der Waals surface area (Å²) < 4.78 is 5.19. The molecule has 1 aliphatic rings. The van der Waals surface area contributed by atoms with Gasteiger partial charge in [-0.05, 0) is 45.1 Å². The zero-order valence-electron chi connectivity index (χ0n) is 14.2. The zero-order valence-corrected chi connectivity index (χ0v) is 15.8. The number of hydrogen-bond acceptors (Lipinski definition) is 7. The molecule has 0 radical (unpaired) electrons. The fourth-order valence-electron chi connectivity index (χ4n) is 2.75. The maximum atomic E-state index is 12.4. The topological polar surface area (TPSA) is 97.0 Å². The van der Waals surface area contributed by atoms with Gasteiger partial charge in [0.05, 0.1) is 17.9 Å². The van der Waals surface area contributed by atoms with E-state index in [2.05, 4.69) is 20.5 Å². The van der Waals surface area contributed by atoms with Crippen LogP contribution in [0.4, 0.5) is 5.00 Å². The number of amides is 1. The first-order chi connectivity index (χ1) is 12.1. The van der Waals surface area contributed by atoms with E-state index < -0.39 is 0 Å². The van der Waals surface area contributed by atoms with Crippen molar-refractivity contribution in [1.29, 1.82) is 0 Å². The molecule has 2 heterocycles. The molecule has 0 aromatic carbocycles. The molecule has 7 nitrogen and oxygen atoms in total. The van der Waals surface area contributed by atoms with Crippen molar-refractivity contribution in [2.24, 2.45) is 0 Å². The predicted octanol–water partition coefficient (Wildman–Crippen LogP) is 2.96. The van der Waals surface area contributed by atoms with E-state index in [0.717, 1.165) is 31.2 Å². The number of esters is 1. The summed E-state index contributed by atoms with van der Waals surface area (Å²) in [6.45, 7) is 3.90. The first-order valence-corrected chi connectivity index (χ1v) is 10.0. The number of carbonyl (C=O) groups excluding carboxylic acids is 2. The van der Waals surface area contributed by atoms with Crippen LogP contribution in [0.15, 0.2) is 5.16 Å². The van der Waals surface area contributed by atoms with Crippen LogP contribution in [-0.2, 0) is 22.4 Å².